The van der Waals surface area contributed by atoms with Crippen LogP contribution in [0.4, 0.5) is 4.39 Å². The summed E-state index contributed by atoms with van der Waals surface area (Å²) in [6, 6.07) is 13.8. The molecule has 3 aromatic rings. The molecule has 4 nitrogen and oxygen atoms in total. The first-order chi connectivity index (χ1) is 12.2. The molecule has 0 aliphatic carbocycles. The van der Waals surface area contributed by atoms with Crippen LogP contribution in [0.15, 0.2) is 60.9 Å². The summed E-state index contributed by atoms with van der Waals surface area (Å²) in [4.78, 5) is 22.2. The van der Waals surface area contributed by atoms with E-state index < -0.39 is 0 Å². The van der Waals surface area contributed by atoms with Crippen LogP contribution in [0.5, 0.6) is 0 Å². The highest BCUT2D eigenvalue weighted by molar-refractivity contribution is 5.95. The predicted molar refractivity (Wildman–Crippen MR) is 93.4 cm³/mol. The molecule has 2 heterocycles. The number of carbonyl (C=O) groups is 1. The Morgan fingerprint density at radius 3 is 2.40 bits per heavy atom. The number of H-pyrrole nitrogens is 1. The third-order valence-electron chi connectivity index (χ3n) is 4.66. The molecule has 4 rings (SSSR count). The van der Waals surface area contributed by atoms with E-state index in [2.05, 4.69) is 9.97 Å². The summed E-state index contributed by atoms with van der Waals surface area (Å²) >= 11 is 0. The van der Waals surface area contributed by atoms with E-state index in [-0.39, 0.29) is 17.8 Å². The fraction of sp³-hybridized carbons (Fsp3) is 0.200. The van der Waals surface area contributed by atoms with Gasteiger partial charge in [0.15, 0.2) is 0 Å². The van der Waals surface area contributed by atoms with Gasteiger partial charge < -0.3 is 9.88 Å². The number of hydrogen-bond donors (Lipinski definition) is 1. The molecule has 0 bridgehead atoms. The number of nitrogens with zero attached hydrogens (tertiary/aromatic N) is 2. The van der Waals surface area contributed by atoms with Crippen LogP contribution in [0.25, 0.3) is 11.1 Å². The highest BCUT2D eigenvalue weighted by atomic mass is 19.1. The average Bonchev–Trinajstić information content (AvgIpc) is 3.33. The number of likely N-dealkylation sites (tertiary alicyclic amines) is 1. The van der Waals surface area contributed by atoms with E-state index in [9.17, 15) is 9.18 Å². The third kappa shape index (κ3) is 3.05. The largest absolute Gasteiger partial charge is 0.347 e. The molecular weight excluding hydrogens is 317 g/mol. The number of imidazole rings is 1. The average molecular weight is 335 g/mol. The molecule has 0 saturated carbocycles. The Labute approximate surface area is 145 Å². The Morgan fingerprint density at radius 2 is 1.76 bits per heavy atom. The first-order valence-corrected chi connectivity index (χ1v) is 8.38. The number of aromatic nitrogens is 2. The molecule has 1 atom stereocenters. The van der Waals surface area contributed by atoms with E-state index in [1.165, 1.54) is 12.1 Å². The molecule has 1 amide bonds. The van der Waals surface area contributed by atoms with Crippen LogP contribution >= 0.6 is 0 Å². The minimum Gasteiger partial charge on any atom is -0.347 e. The van der Waals surface area contributed by atoms with E-state index >= 15 is 0 Å². The lowest BCUT2D eigenvalue weighted by Crippen LogP contribution is -2.31. The molecule has 0 radical (unpaired) electrons. The van der Waals surface area contributed by atoms with E-state index in [1.54, 1.807) is 24.5 Å². The summed E-state index contributed by atoms with van der Waals surface area (Å²) in [6.07, 6.45) is 5.40. The van der Waals surface area contributed by atoms with Gasteiger partial charge in [0, 0.05) is 24.5 Å². The lowest BCUT2D eigenvalue weighted by atomic mass is 10.0. The number of rotatable bonds is 3. The van der Waals surface area contributed by atoms with Gasteiger partial charge in [-0.25, -0.2) is 9.37 Å². The number of hydrogen-bond acceptors (Lipinski definition) is 2. The van der Waals surface area contributed by atoms with Gasteiger partial charge in [-0.15, -0.1) is 0 Å². The Bertz CT molecular complexity index is 857. The quantitative estimate of drug-likeness (QED) is 0.780. The Morgan fingerprint density at radius 1 is 1.08 bits per heavy atom. The van der Waals surface area contributed by atoms with Gasteiger partial charge >= 0.3 is 0 Å². The first-order valence-electron chi connectivity index (χ1n) is 8.38. The van der Waals surface area contributed by atoms with Crippen molar-refractivity contribution in [2.45, 2.75) is 18.9 Å². The van der Waals surface area contributed by atoms with Crippen molar-refractivity contribution in [3.05, 3.63) is 78.1 Å². The van der Waals surface area contributed by atoms with Crippen molar-refractivity contribution in [3.8, 4) is 11.1 Å². The van der Waals surface area contributed by atoms with Gasteiger partial charge in [0.2, 0.25) is 0 Å². The van der Waals surface area contributed by atoms with Gasteiger partial charge in [-0.2, -0.15) is 0 Å². The topological polar surface area (TPSA) is 49.0 Å². The van der Waals surface area contributed by atoms with Crippen LogP contribution in [0, 0.1) is 5.82 Å². The number of amides is 1. The van der Waals surface area contributed by atoms with Crippen molar-refractivity contribution in [1.82, 2.24) is 14.9 Å². The zero-order chi connectivity index (χ0) is 17.2. The summed E-state index contributed by atoms with van der Waals surface area (Å²) in [7, 11) is 0. The summed E-state index contributed by atoms with van der Waals surface area (Å²) in [6.45, 7) is 0.740. The van der Waals surface area contributed by atoms with E-state index in [4.69, 9.17) is 0 Å². The van der Waals surface area contributed by atoms with Crippen molar-refractivity contribution in [2.24, 2.45) is 0 Å². The third-order valence-corrected chi connectivity index (χ3v) is 4.66. The number of benzene rings is 2. The number of carbonyl (C=O) groups excluding carboxylic acids is 1. The maximum absolute atomic E-state index is 13.0. The minimum atomic E-state index is -0.256. The second-order valence-electron chi connectivity index (χ2n) is 6.22. The van der Waals surface area contributed by atoms with Crippen LogP contribution in [-0.4, -0.2) is 27.3 Å². The van der Waals surface area contributed by atoms with Gasteiger partial charge in [-0.3, -0.25) is 4.79 Å². The maximum atomic E-state index is 13.0. The van der Waals surface area contributed by atoms with Gasteiger partial charge in [-0.1, -0.05) is 24.3 Å². The molecule has 126 valence electrons. The molecule has 5 heteroatoms. The van der Waals surface area contributed by atoms with Gasteiger partial charge in [0.1, 0.15) is 11.6 Å². The summed E-state index contributed by atoms with van der Waals surface area (Å²) in [5, 5.41) is 0. The normalized spacial score (nSPS) is 17.0. The highest BCUT2D eigenvalue weighted by Crippen LogP contribution is 2.31. The second kappa shape index (κ2) is 6.51. The molecule has 2 aromatic carbocycles. The van der Waals surface area contributed by atoms with Crippen LogP contribution in [-0.2, 0) is 0 Å². The zero-order valence-electron chi connectivity index (χ0n) is 13.7. The molecule has 0 spiro atoms. The Balaban J connectivity index is 1.55. The number of nitrogens with one attached hydrogen (secondary N) is 1. The summed E-state index contributed by atoms with van der Waals surface area (Å²) in [5.74, 6) is 0.604. The van der Waals surface area contributed by atoms with E-state index in [0.29, 0.717) is 5.56 Å². The molecular formula is C20H18FN3O. The highest BCUT2D eigenvalue weighted by Gasteiger charge is 2.32. The molecule has 1 fully saturated rings. The summed E-state index contributed by atoms with van der Waals surface area (Å²) < 4.78 is 13.0. The zero-order valence-corrected chi connectivity index (χ0v) is 13.7. The summed E-state index contributed by atoms with van der Waals surface area (Å²) in [5.41, 5.74) is 2.54. The fourth-order valence-electron chi connectivity index (χ4n) is 3.37. The molecule has 25 heavy (non-hydrogen) atoms. The lowest BCUT2D eigenvalue weighted by Gasteiger charge is -2.23. The Hall–Kier alpha value is -2.95. The van der Waals surface area contributed by atoms with Crippen LogP contribution in [0.2, 0.25) is 0 Å². The minimum absolute atomic E-state index is 0.0132. The van der Waals surface area contributed by atoms with Crippen LogP contribution in [0.3, 0.4) is 0 Å². The predicted octanol–water partition coefficient (Wildman–Crippen LogP) is 4.19. The van der Waals surface area contributed by atoms with Crippen molar-refractivity contribution in [1.29, 1.82) is 0 Å². The number of aromatic amines is 1. The molecule has 1 aliphatic heterocycles. The monoisotopic (exact) mass is 335 g/mol. The standard InChI is InChI=1S/C20H18FN3O/c21-17-9-7-15(8-10-17)14-3-5-16(6-4-14)20(25)24-13-1-2-18(24)19-22-11-12-23-19/h3-12,18H,1-2,13H2,(H,22,23). The van der Waals surface area contributed by atoms with Gasteiger partial charge in [0.05, 0.1) is 6.04 Å². The van der Waals surface area contributed by atoms with Crippen molar-refractivity contribution < 1.29 is 9.18 Å². The fourth-order valence-corrected chi connectivity index (χ4v) is 3.37. The SMILES string of the molecule is O=C(c1ccc(-c2ccc(F)cc2)cc1)N1CCCC1c1ncc[nH]1. The lowest BCUT2D eigenvalue weighted by molar-refractivity contribution is 0.0730. The van der Waals surface area contributed by atoms with Gasteiger partial charge in [-0.05, 0) is 48.2 Å². The van der Waals surface area contributed by atoms with E-state index in [1.807, 2.05) is 29.2 Å². The number of halogens is 1. The van der Waals surface area contributed by atoms with Crippen molar-refractivity contribution in [2.75, 3.05) is 6.54 Å². The molecule has 1 N–H and O–H groups in total. The molecule has 1 unspecified atom stereocenters. The Kier molecular flexibility index (Phi) is 4.06. The van der Waals surface area contributed by atoms with Crippen molar-refractivity contribution in [3.63, 3.8) is 0 Å². The van der Waals surface area contributed by atoms with E-state index in [0.717, 1.165) is 36.3 Å². The molecule has 1 saturated heterocycles. The van der Waals surface area contributed by atoms with Crippen LogP contribution < -0.4 is 0 Å². The first kappa shape index (κ1) is 15.6. The van der Waals surface area contributed by atoms with Crippen LogP contribution in [0.1, 0.15) is 35.1 Å². The van der Waals surface area contributed by atoms with Gasteiger partial charge in [0.25, 0.3) is 5.91 Å². The van der Waals surface area contributed by atoms with Crippen molar-refractivity contribution >= 4 is 5.91 Å². The smallest absolute Gasteiger partial charge is 0.254 e. The molecule has 1 aromatic heterocycles. The molecule has 1 aliphatic rings. The second-order valence-corrected chi connectivity index (χ2v) is 6.22. The maximum Gasteiger partial charge on any atom is 0.254 e.